The average molecular weight is 259 g/mol. The molecular formula is C11H21N3O4. The molecular weight excluding hydrogens is 238 g/mol. The number of nitrogens with zero attached hydrogens (tertiary/aromatic N) is 1. The average Bonchev–Trinajstić information content (AvgIpc) is 2.14. The Morgan fingerprint density at radius 2 is 1.94 bits per heavy atom. The van der Waals surface area contributed by atoms with Crippen LogP contribution in [0.25, 0.3) is 0 Å². The van der Waals surface area contributed by atoms with Crippen LogP contribution in [0.4, 0.5) is 4.79 Å². The number of carboxylic acids is 1. The lowest BCUT2D eigenvalue weighted by Crippen LogP contribution is -2.44. The summed E-state index contributed by atoms with van der Waals surface area (Å²) in [5, 5.41) is 23.4. The van der Waals surface area contributed by atoms with Crippen molar-refractivity contribution in [2.45, 2.75) is 39.2 Å². The number of piperidine rings is 1. The molecule has 1 aliphatic rings. The minimum absolute atomic E-state index is 0.0469. The van der Waals surface area contributed by atoms with E-state index < -0.39 is 12.1 Å². The first kappa shape index (κ1) is 16.2. The Kier molecular flexibility index (Phi) is 6.77. The number of carboxylic acid groups (broad SMARTS) is 2. The van der Waals surface area contributed by atoms with Gasteiger partial charge in [-0.3, -0.25) is 10.2 Å². The molecule has 1 aliphatic heterocycles. The van der Waals surface area contributed by atoms with Crippen LogP contribution in [-0.4, -0.2) is 45.6 Å². The smallest absolute Gasteiger partial charge is 0.407 e. The van der Waals surface area contributed by atoms with Crippen LogP contribution in [0.15, 0.2) is 0 Å². The maximum atomic E-state index is 10.8. The molecule has 0 aromatic rings. The highest BCUT2D eigenvalue weighted by Gasteiger charge is 2.28. The van der Waals surface area contributed by atoms with E-state index in [1.807, 2.05) is 6.92 Å². The highest BCUT2D eigenvalue weighted by atomic mass is 16.4. The van der Waals surface area contributed by atoms with Gasteiger partial charge in [-0.05, 0) is 25.7 Å². The van der Waals surface area contributed by atoms with Crippen LogP contribution in [0.2, 0.25) is 0 Å². The lowest BCUT2D eigenvalue weighted by molar-refractivity contribution is -0.134. The molecule has 1 saturated heterocycles. The standard InChI is InChI=1S/C9H17N3O2.C2H4O2/c1-6-4-7(5-8(10)11)2-3-12(6)9(13)14;1-2(3)4/h6-7H,2-5H2,1H3,(H3,10,11)(H,13,14);1H3,(H,3,4). The lowest BCUT2D eigenvalue weighted by atomic mass is 9.89. The molecule has 0 radical (unpaired) electrons. The molecule has 7 nitrogen and oxygen atoms in total. The van der Waals surface area contributed by atoms with Crippen LogP contribution in [-0.2, 0) is 4.79 Å². The number of rotatable bonds is 2. The molecule has 0 aliphatic carbocycles. The Hall–Kier alpha value is -1.79. The van der Waals surface area contributed by atoms with Crippen molar-refractivity contribution in [1.82, 2.24) is 4.90 Å². The first-order chi connectivity index (χ1) is 8.23. The number of amidine groups is 1. The van der Waals surface area contributed by atoms with Gasteiger partial charge in [0.1, 0.15) is 0 Å². The summed E-state index contributed by atoms with van der Waals surface area (Å²) in [4.78, 5) is 21.2. The quantitative estimate of drug-likeness (QED) is 0.437. The number of amides is 1. The van der Waals surface area contributed by atoms with Crippen LogP contribution >= 0.6 is 0 Å². The van der Waals surface area contributed by atoms with Gasteiger partial charge in [0.05, 0.1) is 5.84 Å². The molecule has 1 fully saturated rings. The van der Waals surface area contributed by atoms with Crippen LogP contribution in [0.1, 0.15) is 33.1 Å². The number of hydrogen-bond acceptors (Lipinski definition) is 3. The summed E-state index contributed by atoms with van der Waals surface area (Å²) in [6.45, 7) is 3.55. The first-order valence-electron chi connectivity index (χ1n) is 5.76. The molecule has 0 saturated carbocycles. The Balaban J connectivity index is 0.000000631. The summed E-state index contributed by atoms with van der Waals surface area (Å²) in [5.74, 6) is -0.260. The van der Waals surface area contributed by atoms with Crippen molar-refractivity contribution in [2.75, 3.05) is 6.54 Å². The van der Waals surface area contributed by atoms with Gasteiger partial charge in [0.15, 0.2) is 0 Å². The minimum atomic E-state index is -0.848. The van der Waals surface area contributed by atoms with E-state index in [0.29, 0.717) is 18.9 Å². The summed E-state index contributed by atoms with van der Waals surface area (Å²) in [6.07, 6.45) is 1.37. The van der Waals surface area contributed by atoms with Crippen molar-refractivity contribution in [3.8, 4) is 0 Å². The Morgan fingerprint density at radius 3 is 2.28 bits per heavy atom. The second-order valence-corrected chi connectivity index (χ2v) is 4.46. The van der Waals surface area contributed by atoms with Gasteiger partial charge in [0.25, 0.3) is 5.97 Å². The molecule has 2 atom stereocenters. The molecule has 104 valence electrons. The molecule has 7 heteroatoms. The van der Waals surface area contributed by atoms with E-state index in [1.54, 1.807) is 0 Å². The van der Waals surface area contributed by atoms with Crippen LogP contribution < -0.4 is 5.73 Å². The fraction of sp³-hybridized carbons (Fsp3) is 0.727. The van der Waals surface area contributed by atoms with Gasteiger partial charge in [-0.25, -0.2) is 4.79 Å². The van der Waals surface area contributed by atoms with E-state index in [0.717, 1.165) is 19.8 Å². The summed E-state index contributed by atoms with van der Waals surface area (Å²) >= 11 is 0. The number of nitrogens with two attached hydrogens (primary N) is 1. The topological polar surface area (TPSA) is 128 Å². The number of nitrogens with one attached hydrogen (secondary N) is 1. The Labute approximate surface area is 106 Å². The Morgan fingerprint density at radius 1 is 1.44 bits per heavy atom. The second-order valence-electron chi connectivity index (χ2n) is 4.46. The normalized spacial score (nSPS) is 22.7. The van der Waals surface area contributed by atoms with E-state index in [-0.39, 0.29) is 11.9 Å². The third-order valence-corrected chi connectivity index (χ3v) is 2.74. The van der Waals surface area contributed by atoms with Crippen LogP contribution in [0.3, 0.4) is 0 Å². The molecule has 0 aromatic carbocycles. The van der Waals surface area contributed by atoms with Crippen molar-refractivity contribution in [1.29, 1.82) is 5.41 Å². The predicted octanol–water partition coefficient (Wildman–Crippen LogP) is 1.18. The van der Waals surface area contributed by atoms with E-state index in [9.17, 15) is 4.79 Å². The van der Waals surface area contributed by atoms with Gasteiger partial charge in [0.2, 0.25) is 0 Å². The fourth-order valence-corrected chi connectivity index (χ4v) is 2.05. The zero-order valence-electron chi connectivity index (χ0n) is 10.7. The van der Waals surface area contributed by atoms with Crippen molar-refractivity contribution in [3.05, 3.63) is 0 Å². The van der Waals surface area contributed by atoms with E-state index in [1.165, 1.54) is 4.90 Å². The molecule has 2 unspecified atom stereocenters. The second kappa shape index (κ2) is 7.52. The maximum absolute atomic E-state index is 10.8. The molecule has 18 heavy (non-hydrogen) atoms. The summed E-state index contributed by atoms with van der Waals surface area (Å²) < 4.78 is 0. The van der Waals surface area contributed by atoms with Gasteiger partial charge in [-0.1, -0.05) is 0 Å². The first-order valence-corrected chi connectivity index (χ1v) is 5.76. The van der Waals surface area contributed by atoms with Gasteiger partial charge >= 0.3 is 6.09 Å². The molecule has 5 N–H and O–H groups in total. The Bertz CT molecular complexity index is 315. The molecule has 0 spiro atoms. The van der Waals surface area contributed by atoms with Gasteiger partial charge in [-0.2, -0.15) is 0 Å². The highest BCUT2D eigenvalue weighted by molar-refractivity contribution is 5.77. The van der Waals surface area contributed by atoms with Crippen LogP contribution in [0.5, 0.6) is 0 Å². The molecule has 1 heterocycles. The summed E-state index contributed by atoms with van der Waals surface area (Å²) in [7, 11) is 0. The third kappa shape index (κ3) is 6.72. The molecule has 0 bridgehead atoms. The van der Waals surface area contributed by atoms with E-state index >= 15 is 0 Å². The van der Waals surface area contributed by atoms with Crippen LogP contribution in [0, 0.1) is 11.3 Å². The number of carbonyl (C=O) groups is 2. The van der Waals surface area contributed by atoms with E-state index in [4.69, 9.17) is 26.2 Å². The molecule has 1 amide bonds. The number of aliphatic carboxylic acids is 1. The zero-order chi connectivity index (χ0) is 14.3. The molecule has 0 aromatic heterocycles. The summed E-state index contributed by atoms with van der Waals surface area (Å²) in [6, 6.07) is 0.0469. The zero-order valence-corrected chi connectivity index (χ0v) is 10.7. The highest BCUT2D eigenvalue weighted by Crippen LogP contribution is 2.24. The SMILES string of the molecule is CC(=O)O.CC1CC(CC(=N)N)CCN1C(=O)O. The number of hydrogen-bond donors (Lipinski definition) is 4. The van der Waals surface area contributed by atoms with Crippen molar-refractivity contribution in [2.24, 2.45) is 11.7 Å². The van der Waals surface area contributed by atoms with Crippen molar-refractivity contribution >= 4 is 17.9 Å². The van der Waals surface area contributed by atoms with Crippen molar-refractivity contribution < 1.29 is 19.8 Å². The van der Waals surface area contributed by atoms with Gasteiger partial charge < -0.3 is 20.8 Å². The van der Waals surface area contributed by atoms with Gasteiger partial charge in [-0.15, -0.1) is 0 Å². The largest absolute Gasteiger partial charge is 0.481 e. The van der Waals surface area contributed by atoms with Crippen molar-refractivity contribution in [3.63, 3.8) is 0 Å². The summed E-state index contributed by atoms with van der Waals surface area (Å²) in [5.41, 5.74) is 5.32. The third-order valence-electron chi connectivity index (χ3n) is 2.74. The predicted molar refractivity (Wildman–Crippen MR) is 66.8 cm³/mol. The monoisotopic (exact) mass is 259 g/mol. The lowest BCUT2D eigenvalue weighted by Gasteiger charge is -2.35. The molecule has 1 rings (SSSR count). The fourth-order valence-electron chi connectivity index (χ4n) is 2.05. The number of likely N-dealkylation sites (tertiary alicyclic amines) is 1. The van der Waals surface area contributed by atoms with E-state index in [2.05, 4.69) is 0 Å². The minimum Gasteiger partial charge on any atom is -0.481 e. The van der Waals surface area contributed by atoms with Gasteiger partial charge in [0, 0.05) is 25.9 Å². The maximum Gasteiger partial charge on any atom is 0.407 e.